The van der Waals surface area contributed by atoms with Crippen molar-refractivity contribution in [1.29, 1.82) is 0 Å². The van der Waals surface area contributed by atoms with E-state index < -0.39 is 28.5 Å². The van der Waals surface area contributed by atoms with E-state index in [1.165, 1.54) is 17.0 Å². The van der Waals surface area contributed by atoms with Crippen molar-refractivity contribution in [3.63, 3.8) is 0 Å². The van der Waals surface area contributed by atoms with Crippen LogP contribution in [0.1, 0.15) is 30.5 Å². The van der Waals surface area contributed by atoms with Gasteiger partial charge in [0.25, 0.3) is 10.0 Å². The van der Waals surface area contributed by atoms with Crippen LogP contribution in [-0.4, -0.2) is 44.3 Å². The zero-order chi connectivity index (χ0) is 27.2. The second kappa shape index (κ2) is 12.3. The standard InChI is InChI=1S/C28H32ClN3O4S/c1-5-30-28(34)22(4)31(18-23-11-9-10-14-25(23)29)27(33)19-32(26-16-15-20(2)17-21(26)3)37(35,36)24-12-7-6-8-13-24/h6-17,22H,5,18-19H2,1-4H3,(H,30,34). The number of rotatable bonds is 10. The minimum atomic E-state index is -4.10. The number of hydrogen-bond donors (Lipinski definition) is 1. The molecular formula is C28H32ClN3O4S. The molecule has 0 saturated carbocycles. The molecule has 3 rings (SSSR count). The third-order valence-corrected chi connectivity index (χ3v) is 8.19. The lowest BCUT2D eigenvalue weighted by Crippen LogP contribution is -2.51. The number of nitrogens with one attached hydrogen (secondary N) is 1. The SMILES string of the molecule is CCNC(=O)C(C)N(Cc1ccccc1Cl)C(=O)CN(c1ccc(C)cc1C)S(=O)(=O)c1ccccc1. The first kappa shape index (κ1) is 28.2. The lowest BCUT2D eigenvalue weighted by atomic mass is 10.1. The summed E-state index contributed by atoms with van der Waals surface area (Å²) in [6.07, 6.45) is 0. The number of halogens is 1. The van der Waals surface area contributed by atoms with Crippen LogP contribution in [-0.2, 0) is 26.2 Å². The minimum absolute atomic E-state index is 0.0446. The van der Waals surface area contributed by atoms with Gasteiger partial charge in [-0.2, -0.15) is 0 Å². The second-order valence-corrected chi connectivity index (χ2v) is 11.1. The number of benzene rings is 3. The van der Waals surface area contributed by atoms with Crippen molar-refractivity contribution in [1.82, 2.24) is 10.2 Å². The van der Waals surface area contributed by atoms with E-state index in [1.54, 1.807) is 75.4 Å². The van der Waals surface area contributed by atoms with E-state index in [4.69, 9.17) is 11.6 Å². The topological polar surface area (TPSA) is 86.8 Å². The van der Waals surface area contributed by atoms with Gasteiger partial charge in [-0.15, -0.1) is 0 Å². The number of hydrogen-bond acceptors (Lipinski definition) is 4. The van der Waals surface area contributed by atoms with Crippen LogP contribution in [0.5, 0.6) is 0 Å². The molecule has 0 saturated heterocycles. The van der Waals surface area contributed by atoms with Crippen LogP contribution >= 0.6 is 11.6 Å². The Labute approximate surface area is 224 Å². The maximum absolute atomic E-state index is 13.8. The van der Waals surface area contributed by atoms with E-state index in [1.807, 2.05) is 13.0 Å². The Hall–Kier alpha value is -3.36. The summed E-state index contributed by atoms with van der Waals surface area (Å²) in [7, 11) is -4.10. The number of amides is 2. The lowest BCUT2D eigenvalue weighted by Gasteiger charge is -2.32. The molecule has 1 atom stereocenters. The Morgan fingerprint density at radius 2 is 1.62 bits per heavy atom. The Kier molecular flexibility index (Phi) is 9.34. The Morgan fingerprint density at radius 3 is 2.24 bits per heavy atom. The van der Waals surface area contributed by atoms with Gasteiger partial charge in [0.15, 0.2) is 0 Å². The number of likely N-dealkylation sites (N-methyl/N-ethyl adjacent to an activating group) is 1. The van der Waals surface area contributed by atoms with Crippen LogP contribution < -0.4 is 9.62 Å². The maximum atomic E-state index is 13.8. The highest BCUT2D eigenvalue weighted by Crippen LogP contribution is 2.28. The van der Waals surface area contributed by atoms with Crippen molar-refractivity contribution in [2.24, 2.45) is 0 Å². The van der Waals surface area contributed by atoms with Gasteiger partial charge in [-0.25, -0.2) is 8.42 Å². The highest BCUT2D eigenvalue weighted by molar-refractivity contribution is 7.92. The van der Waals surface area contributed by atoms with Crippen molar-refractivity contribution in [3.8, 4) is 0 Å². The Morgan fingerprint density at radius 1 is 0.973 bits per heavy atom. The van der Waals surface area contributed by atoms with Crippen LogP contribution in [0.15, 0.2) is 77.7 Å². The summed E-state index contributed by atoms with van der Waals surface area (Å²) in [4.78, 5) is 28.0. The van der Waals surface area contributed by atoms with Crippen molar-refractivity contribution < 1.29 is 18.0 Å². The maximum Gasteiger partial charge on any atom is 0.264 e. The van der Waals surface area contributed by atoms with Crippen LogP contribution in [0.4, 0.5) is 5.69 Å². The van der Waals surface area contributed by atoms with Gasteiger partial charge < -0.3 is 10.2 Å². The molecule has 196 valence electrons. The molecule has 2 amide bonds. The van der Waals surface area contributed by atoms with Crippen molar-refractivity contribution in [2.75, 3.05) is 17.4 Å². The van der Waals surface area contributed by atoms with E-state index in [9.17, 15) is 18.0 Å². The normalized spacial score (nSPS) is 12.0. The van der Waals surface area contributed by atoms with Crippen molar-refractivity contribution in [2.45, 2.75) is 45.2 Å². The number of aryl methyl sites for hydroxylation is 2. The van der Waals surface area contributed by atoms with Gasteiger partial charge in [0.2, 0.25) is 11.8 Å². The summed E-state index contributed by atoms with van der Waals surface area (Å²) in [6.45, 7) is 7.08. The van der Waals surface area contributed by atoms with Crippen LogP contribution in [0.2, 0.25) is 5.02 Å². The molecule has 0 heterocycles. The molecule has 7 nitrogen and oxygen atoms in total. The molecule has 0 fully saturated rings. The molecule has 0 aliphatic carbocycles. The van der Waals surface area contributed by atoms with Crippen LogP contribution in [0.25, 0.3) is 0 Å². The molecule has 0 bridgehead atoms. The van der Waals surface area contributed by atoms with Gasteiger partial charge in [0.1, 0.15) is 12.6 Å². The molecule has 1 N–H and O–H groups in total. The number of anilines is 1. The first-order valence-corrected chi connectivity index (χ1v) is 13.8. The molecule has 3 aromatic rings. The summed E-state index contributed by atoms with van der Waals surface area (Å²) >= 11 is 6.36. The van der Waals surface area contributed by atoms with Crippen LogP contribution in [0.3, 0.4) is 0 Å². The summed E-state index contributed by atoms with van der Waals surface area (Å²) in [5.74, 6) is -0.870. The molecule has 1 unspecified atom stereocenters. The van der Waals surface area contributed by atoms with E-state index in [-0.39, 0.29) is 17.3 Å². The fourth-order valence-electron chi connectivity index (χ4n) is 4.03. The largest absolute Gasteiger partial charge is 0.355 e. The number of carbonyl (C=O) groups is 2. The van der Waals surface area contributed by atoms with Crippen LogP contribution in [0, 0.1) is 13.8 Å². The Balaban J connectivity index is 2.07. The highest BCUT2D eigenvalue weighted by Gasteiger charge is 2.33. The molecular weight excluding hydrogens is 510 g/mol. The monoisotopic (exact) mass is 541 g/mol. The third-order valence-electron chi connectivity index (χ3n) is 6.05. The average molecular weight is 542 g/mol. The fraction of sp³-hybridized carbons (Fsp3) is 0.286. The molecule has 0 aromatic heterocycles. The average Bonchev–Trinajstić information content (AvgIpc) is 2.87. The highest BCUT2D eigenvalue weighted by atomic mass is 35.5. The molecule has 0 aliphatic heterocycles. The predicted octanol–water partition coefficient (Wildman–Crippen LogP) is 4.71. The third kappa shape index (κ3) is 6.70. The summed E-state index contributed by atoms with van der Waals surface area (Å²) in [5, 5.41) is 3.19. The minimum Gasteiger partial charge on any atom is -0.355 e. The zero-order valence-corrected chi connectivity index (χ0v) is 23.0. The molecule has 0 aliphatic rings. The first-order chi connectivity index (χ1) is 17.6. The quantitative estimate of drug-likeness (QED) is 0.403. The fourth-order valence-corrected chi connectivity index (χ4v) is 5.73. The molecule has 0 radical (unpaired) electrons. The van der Waals surface area contributed by atoms with Crippen molar-refractivity contribution >= 4 is 39.1 Å². The number of carbonyl (C=O) groups excluding carboxylic acids is 2. The summed E-state index contributed by atoms with van der Waals surface area (Å²) < 4.78 is 28.7. The van der Waals surface area contributed by atoms with E-state index in [0.29, 0.717) is 28.4 Å². The van der Waals surface area contributed by atoms with Gasteiger partial charge >= 0.3 is 0 Å². The van der Waals surface area contributed by atoms with E-state index in [0.717, 1.165) is 9.87 Å². The predicted molar refractivity (Wildman–Crippen MR) is 147 cm³/mol. The molecule has 9 heteroatoms. The molecule has 37 heavy (non-hydrogen) atoms. The van der Waals surface area contributed by atoms with Gasteiger partial charge in [-0.1, -0.05) is 65.7 Å². The molecule has 3 aromatic carbocycles. The van der Waals surface area contributed by atoms with Gasteiger partial charge in [0.05, 0.1) is 10.6 Å². The summed E-state index contributed by atoms with van der Waals surface area (Å²) in [6, 6.07) is 19.6. The molecule has 0 spiro atoms. The number of sulfonamides is 1. The van der Waals surface area contributed by atoms with Gasteiger partial charge in [-0.3, -0.25) is 13.9 Å². The van der Waals surface area contributed by atoms with Gasteiger partial charge in [0, 0.05) is 18.1 Å². The smallest absolute Gasteiger partial charge is 0.264 e. The second-order valence-electron chi connectivity index (χ2n) is 8.80. The Bertz CT molecular complexity index is 1360. The number of nitrogens with zero attached hydrogens (tertiary/aromatic N) is 2. The van der Waals surface area contributed by atoms with Crippen molar-refractivity contribution in [3.05, 3.63) is 94.5 Å². The first-order valence-electron chi connectivity index (χ1n) is 12.0. The van der Waals surface area contributed by atoms with E-state index in [2.05, 4.69) is 5.32 Å². The summed E-state index contributed by atoms with van der Waals surface area (Å²) in [5.41, 5.74) is 2.72. The van der Waals surface area contributed by atoms with Gasteiger partial charge in [-0.05, 0) is 63.1 Å². The lowest BCUT2D eigenvalue weighted by molar-refractivity contribution is -0.139. The van der Waals surface area contributed by atoms with E-state index >= 15 is 0 Å². The zero-order valence-electron chi connectivity index (χ0n) is 21.4.